The Morgan fingerprint density at radius 2 is 2.17 bits per heavy atom. The molecule has 4 heteroatoms. The van der Waals surface area contributed by atoms with Crippen LogP contribution in [-0.2, 0) is 14.9 Å². The van der Waals surface area contributed by atoms with E-state index in [1.165, 1.54) is 12.5 Å². The van der Waals surface area contributed by atoms with Crippen LogP contribution in [0.25, 0.3) is 0 Å². The van der Waals surface area contributed by atoms with Gasteiger partial charge in [0, 0.05) is 30.6 Å². The Morgan fingerprint density at radius 1 is 1.30 bits per heavy atom. The summed E-state index contributed by atoms with van der Waals surface area (Å²) in [5.41, 5.74) is 1.48. The van der Waals surface area contributed by atoms with Crippen molar-refractivity contribution in [2.45, 2.75) is 62.9 Å². The zero-order valence-corrected chi connectivity index (χ0v) is 13.5. The summed E-state index contributed by atoms with van der Waals surface area (Å²) < 4.78 is 20.1. The number of halogens is 1. The third-order valence-corrected chi connectivity index (χ3v) is 5.84. The molecule has 2 fully saturated rings. The van der Waals surface area contributed by atoms with Gasteiger partial charge in [0.2, 0.25) is 5.91 Å². The molecule has 1 spiro atoms. The lowest BCUT2D eigenvalue weighted by Gasteiger charge is -2.39. The molecule has 2 heterocycles. The minimum absolute atomic E-state index is 0.113. The molecule has 0 aromatic heterocycles. The summed E-state index contributed by atoms with van der Waals surface area (Å²) in [6, 6.07) is 5.15. The summed E-state index contributed by atoms with van der Waals surface area (Å²) in [5.74, 6) is -0.0251. The number of fused-ring (bicyclic) bond motifs is 2. The lowest BCUT2D eigenvalue weighted by atomic mass is 9.65. The fraction of sp³-hybridized carbons (Fsp3) is 0.632. The Labute approximate surface area is 136 Å². The van der Waals surface area contributed by atoms with Crippen LogP contribution in [-0.4, -0.2) is 25.2 Å². The van der Waals surface area contributed by atoms with E-state index >= 15 is 0 Å². The molecule has 23 heavy (non-hydrogen) atoms. The van der Waals surface area contributed by atoms with Gasteiger partial charge in [-0.3, -0.25) is 4.79 Å². The number of carbonyl (C=O) groups excluding carboxylic acids is 1. The van der Waals surface area contributed by atoms with Gasteiger partial charge in [0.25, 0.3) is 0 Å². The smallest absolute Gasteiger partial charge is 0.227 e. The molecule has 1 aromatic carbocycles. The van der Waals surface area contributed by atoms with Gasteiger partial charge in [-0.1, -0.05) is 12.5 Å². The first kappa shape index (κ1) is 15.1. The Hall–Kier alpha value is -1.42. The van der Waals surface area contributed by atoms with Crippen molar-refractivity contribution < 1.29 is 13.9 Å². The second-order valence-electron chi connectivity index (χ2n) is 7.27. The Kier molecular flexibility index (Phi) is 3.88. The third kappa shape index (κ3) is 2.57. The van der Waals surface area contributed by atoms with Gasteiger partial charge in [-0.25, -0.2) is 4.39 Å². The van der Waals surface area contributed by atoms with E-state index in [4.69, 9.17) is 4.74 Å². The minimum atomic E-state index is -0.145. The average Bonchev–Trinajstić information content (AvgIpc) is 2.91. The number of amides is 1. The third-order valence-electron chi connectivity index (χ3n) is 5.84. The Bertz CT molecular complexity index is 605. The maximum absolute atomic E-state index is 14.4. The quantitative estimate of drug-likeness (QED) is 0.845. The molecule has 0 bridgehead atoms. The molecule has 3 nitrogen and oxygen atoms in total. The molecule has 124 valence electrons. The van der Waals surface area contributed by atoms with Crippen molar-refractivity contribution >= 4 is 11.6 Å². The van der Waals surface area contributed by atoms with E-state index in [1.807, 2.05) is 11.0 Å². The number of anilines is 1. The highest BCUT2D eigenvalue weighted by atomic mass is 19.1. The van der Waals surface area contributed by atoms with E-state index in [-0.39, 0.29) is 23.2 Å². The number of benzene rings is 1. The van der Waals surface area contributed by atoms with Crippen molar-refractivity contribution in [3.63, 3.8) is 0 Å². The van der Waals surface area contributed by atoms with E-state index in [9.17, 15) is 9.18 Å². The molecule has 4 rings (SSSR count). The van der Waals surface area contributed by atoms with Crippen LogP contribution in [0.4, 0.5) is 10.1 Å². The first-order valence-electron chi connectivity index (χ1n) is 8.91. The standard InChI is InChI=1S/C19H24FNO2/c20-15-6-3-7-16-18(15)19(10-4-11-19)13-21(16)17(22)9-8-14-5-1-2-12-23-14/h3,6-7,14H,1-2,4-5,8-13H2. The van der Waals surface area contributed by atoms with Gasteiger partial charge in [0.1, 0.15) is 5.82 Å². The molecule has 1 atom stereocenters. The van der Waals surface area contributed by atoms with Crippen LogP contribution in [0.3, 0.4) is 0 Å². The van der Waals surface area contributed by atoms with Gasteiger partial charge in [-0.2, -0.15) is 0 Å². The van der Waals surface area contributed by atoms with E-state index in [0.717, 1.165) is 56.4 Å². The van der Waals surface area contributed by atoms with Crippen LogP contribution in [0.15, 0.2) is 18.2 Å². The highest BCUT2D eigenvalue weighted by Gasteiger charge is 2.49. The average molecular weight is 317 g/mol. The summed E-state index contributed by atoms with van der Waals surface area (Å²) in [4.78, 5) is 14.6. The minimum Gasteiger partial charge on any atom is -0.378 e. The summed E-state index contributed by atoms with van der Waals surface area (Å²) in [6.45, 7) is 1.48. The van der Waals surface area contributed by atoms with Crippen molar-refractivity contribution in [2.75, 3.05) is 18.1 Å². The largest absolute Gasteiger partial charge is 0.378 e. The van der Waals surface area contributed by atoms with Gasteiger partial charge >= 0.3 is 0 Å². The highest BCUT2D eigenvalue weighted by Crippen LogP contribution is 2.53. The predicted octanol–water partition coefficient (Wildman–Crippen LogP) is 3.94. The highest BCUT2D eigenvalue weighted by molar-refractivity contribution is 5.96. The van der Waals surface area contributed by atoms with Crippen LogP contribution in [0, 0.1) is 5.82 Å². The number of hydrogen-bond acceptors (Lipinski definition) is 2. The maximum Gasteiger partial charge on any atom is 0.227 e. The predicted molar refractivity (Wildman–Crippen MR) is 87.1 cm³/mol. The number of rotatable bonds is 3. The monoisotopic (exact) mass is 317 g/mol. The molecule has 1 unspecified atom stereocenters. The van der Waals surface area contributed by atoms with Crippen molar-refractivity contribution in [3.8, 4) is 0 Å². The number of hydrogen-bond donors (Lipinski definition) is 0. The molecule has 1 aliphatic carbocycles. The van der Waals surface area contributed by atoms with E-state index in [1.54, 1.807) is 6.07 Å². The second-order valence-corrected chi connectivity index (χ2v) is 7.27. The summed E-state index contributed by atoms with van der Waals surface area (Å²) >= 11 is 0. The molecule has 1 amide bonds. The van der Waals surface area contributed by atoms with Gasteiger partial charge in [0.15, 0.2) is 0 Å². The van der Waals surface area contributed by atoms with Crippen molar-refractivity contribution in [1.29, 1.82) is 0 Å². The molecule has 0 N–H and O–H groups in total. The lowest BCUT2D eigenvalue weighted by molar-refractivity contribution is -0.119. The maximum atomic E-state index is 14.4. The number of carbonyl (C=O) groups is 1. The fourth-order valence-corrected chi connectivity index (χ4v) is 4.42. The summed E-state index contributed by atoms with van der Waals surface area (Å²) in [6.07, 6.45) is 8.01. The lowest BCUT2D eigenvalue weighted by Crippen LogP contribution is -2.41. The van der Waals surface area contributed by atoms with Crippen LogP contribution in [0.1, 0.15) is 56.9 Å². The van der Waals surface area contributed by atoms with E-state index in [2.05, 4.69) is 0 Å². The van der Waals surface area contributed by atoms with E-state index < -0.39 is 0 Å². The normalized spacial score (nSPS) is 25.3. The SMILES string of the molecule is O=C(CCC1CCCCO1)N1CC2(CCC2)c2c(F)cccc21. The van der Waals surface area contributed by atoms with Gasteiger partial charge in [-0.05, 0) is 50.7 Å². The van der Waals surface area contributed by atoms with Gasteiger partial charge in [-0.15, -0.1) is 0 Å². The topological polar surface area (TPSA) is 29.5 Å². The first-order chi connectivity index (χ1) is 11.2. The van der Waals surface area contributed by atoms with Crippen LogP contribution in [0.5, 0.6) is 0 Å². The molecule has 0 radical (unpaired) electrons. The summed E-state index contributed by atoms with van der Waals surface area (Å²) in [7, 11) is 0. The van der Waals surface area contributed by atoms with Crippen LogP contribution >= 0.6 is 0 Å². The number of nitrogens with zero attached hydrogens (tertiary/aromatic N) is 1. The van der Waals surface area contributed by atoms with Gasteiger partial charge < -0.3 is 9.64 Å². The Balaban J connectivity index is 1.49. The fourth-order valence-electron chi connectivity index (χ4n) is 4.42. The molecule has 2 aliphatic heterocycles. The van der Waals surface area contributed by atoms with Gasteiger partial charge in [0.05, 0.1) is 11.8 Å². The zero-order chi connectivity index (χ0) is 15.9. The van der Waals surface area contributed by atoms with Crippen molar-refractivity contribution in [2.24, 2.45) is 0 Å². The zero-order valence-electron chi connectivity index (χ0n) is 13.5. The van der Waals surface area contributed by atoms with Crippen molar-refractivity contribution in [1.82, 2.24) is 0 Å². The molecule has 3 aliphatic rings. The molecular weight excluding hydrogens is 293 g/mol. The molecular formula is C19H24FNO2. The Morgan fingerprint density at radius 3 is 2.87 bits per heavy atom. The first-order valence-corrected chi connectivity index (χ1v) is 8.91. The molecule has 1 saturated heterocycles. The molecule has 1 saturated carbocycles. The summed E-state index contributed by atoms with van der Waals surface area (Å²) in [5, 5.41) is 0. The second kappa shape index (κ2) is 5.90. The van der Waals surface area contributed by atoms with Crippen molar-refractivity contribution in [3.05, 3.63) is 29.6 Å². The van der Waals surface area contributed by atoms with Crippen LogP contribution < -0.4 is 4.90 Å². The van der Waals surface area contributed by atoms with Crippen LogP contribution in [0.2, 0.25) is 0 Å². The number of ether oxygens (including phenoxy) is 1. The van der Waals surface area contributed by atoms with E-state index in [0.29, 0.717) is 13.0 Å². The molecule has 1 aromatic rings.